The van der Waals surface area contributed by atoms with Crippen molar-refractivity contribution in [1.82, 2.24) is 9.97 Å². The molecule has 0 aliphatic heterocycles. The molecule has 0 bridgehead atoms. The summed E-state index contributed by atoms with van der Waals surface area (Å²) in [5.41, 5.74) is 2.95. The van der Waals surface area contributed by atoms with Crippen LogP contribution in [0.1, 0.15) is 11.3 Å². The Morgan fingerprint density at radius 1 is 0.926 bits per heavy atom. The van der Waals surface area contributed by atoms with Gasteiger partial charge in [-0.05, 0) is 43.2 Å². The number of aromatic nitrogens is 2. The van der Waals surface area contributed by atoms with Gasteiger partial charge in [0, 0.05) is 18.3 Å². The number of para-hydroxylation sites is 2. The van der Waals surface area contributed by atoms with E-state index in [4.69, 9.17) is 9.47 Å². The van der Waals surface area contributed by atoms with Gasteiger partial charge in [0.15, 0.2) is 0 Å². The van der Waals surface area contributed by atoms with E-state index in [1.165, 1.54) is 5.56 Å². The van der Waals surface area contributed by atoms with Gasteiger partial charge in [0.1, 0.15) is 17.3 Å². The predicted molar refractivity (Wildman–Crippen MR) is 108 cm³/mol. The van der Waals surface area contributed by atoms with Crippen LogP contribution in [0.25, 0.3) is 0 Å². The molecular weight excluding hydrogens is 340 g/mol. The summed E-state index contributed by atoms with van der Waals surface area (Å²) >= 11 is 0. The van der Waals surface area contributed by atoms with Crippen molar-refractivity contribution in [2.45, 2.75) is 13.3 Å². The minimum Gasteiger partial charge on any atom is -0.497 e. The van der Waals surface area contributed by atoms with Crippen molar-refractivity contribution >= 4 is 17.5 Å². The van der Waals surface area contributed by atoms with Crippen LogP contribution in [0.5, 0.6) is 11.5 Å². The SMILES string of the molecule is COc1ccc(CCNc2cc(C)nc(Nc3ccccc3OC)n2)cc1. The van der Waals surface area contributed by atoms with Crippen molar-refractivity contribution in [3.05, 3.63) is 65.9 Å². The number of anilines is 3. The van der Waals surface area contributed by atoms with Crippen LogP contribution in [-0.4, -0.2) is 30.7 Å². The number of methoxy groups -OCH3 is 2. The quantitative estimate of drug-likeness (QED) is 0.624. The second-order valence-corrected chi connectivity index (χ2v) is 6.07. The smallest absolute Gasteiger partial charge is 0.229 e. The molecule has 0 fully saturated rings. The summed E-state index contributed by atoms with van der Waals surface area (Å²) in [5, 5.41) is 6.59. The van der Waals surface area contributed by atoms with Crippen LogP contribution >= 0.6 is 0 Å². The van der Waals surface area contributed by atoms with Crippen LogP contribution in [0.4, 0.5) is 17.5 Å². The van der Waals surface area contributed by atoms with E-state index in [0.717, 1.165) is 41.7 Å². The first-order valence-corrected chi connectivity index (χ1v) is 8.80. The van der Waals surface area contributed by atoms with Gasteiger partial charge in [-0.2, -0.15) is 4.98 Å². The molecular formula is C21H24N4O2. The second-order valence-electron chi connectivity index (χ2n) is 6.07. The van der Waals surface area contributed by atoms with Gasteiger partial charge in [-0.1, -0.05) is 24.3 Å². The molecule has 0 unspecified atom stereocenters. The van der Waals surface area contributed by atoms with E-state index in [1.807, 2.05) is 49.4 Å². The maximum atomic E-state index is 5.37. The maximum absolute atomic E-state index is 5.37. The van der Waals surface area contributed by atoms with Crippen molar-refractivity contribution in [3.8, 4) is 11.5 Å². The van der Waals surface area contributed by atoms with Gasteiger partial charge < -0.3 is 20.1 Å². The number of hydrogen-bond acceptors (Lipinski definition) is 6. The van der Waals surface area contributed by atoms with Crippen molar-refractivity contribution in [1.29, 1.82) is 0 Å². The predicted octanol–water partition coefficient (Wildman–Crippen LogP) is 4.20. The fraction of sp³-hybridized carbons (Fsp3) is 0.238. The number of nitrogens with zero attached hydrogens (tertiary/aromatic N) is 2. The summed E-state index contributed by atoms with van der Waals surface area (Å²) in [5.74, 6) is 2.93. The number of nitrogens with one attached hydrogen (secondary N) is 2. The first-order valence-electron chi connectivity index (χ1n) is 8.80. The lowest BCUT2D eigenvalue weighted by Crippen LogP contribution is -2.09. The molecule has 0 saturated heterocycles. The molecule has 0 atom stereocenters. The van der Waals surface area contributed by atoms with Crippen molar-refractivity contribution in [2.75, 3.05) is 31.4 Å². The molecule has 27 heavy (non-hydrogen) atoms. The molecule has 0 aliphatic carbocycles. The fourth-order valence-corrected chi connectivity index (χ4v) is 2.71. The normalized spacial score (nSPS) is 10.3. The Balaban J connectivity index is 1.64. The largest absolute Gasteiger partial charge is 0.497 e. The molecule has 0 amide bonds. The van der Waals surface area contributed by atoms with Crippen LogP contribution < -0.4 is 20.1 Å². The molecule has 0 aliphatic rings. The minimum atomic E-state index is 0.534. The van der Waals surface area contributed by atoms with Gasteiger partial charge in [-0.15, -0.1) is 0 Å². The fourth-order valence-electron chi connectivity index (χ4n) is 2.71. The highest BCUT2D eigenvalue weighted by molar-refractivity contribution is 5.63. The van der Waals surface area contributed by atoms with Crippen molar-refractivity contribution in [2.24, 2.45) is 0 Å². The Kier molecular flexibility index (Phi) is 6.10. The van der Waals surface area contributed by atoms with Crippen LogP contribution in [0.15, 0.2) is 54.6 Å². The van der Waals surface area contributed by atoms with Crippen molar-refractivity contribution < 1.29 is 9.47 Å². The average molecular weight is 364 g/mol. The van der Waals surface area contributed by atoms with Gasteiger partial charge in [-0.3, -0.25) is 0 Å². The standard InChI is InChI=1S/C21H24N4O2/c1-15-14-20(22-13-12-16-8-10-17(26-2)11-9-16)25-21(23-15)24-18-6-4-5-7-19(18)27-3/h4-11,14H,12-13H2,1-3H3,(H2,22,23,24,25). The molecule has 6 nitrogen and oxygen atoms in total. The Morgan fingerprint density at radius 3 is 2.44 bits per heavy atom. The minimum absolute atomic E-state index is 0.534. The highest BCUT2D eigenvalue weighted by atomic mass is 16.5. The summed E-state index contributed by atoms with van der Waals surface area (Å²) in [7, 11) is 3.31. The molecule has 3 rings (SSSR count). The van der Waals surface area contributed by atoms with Crippen LogP contribution in [0.3, 0.4) is 0 Å². The molecule has 140 valence electrons. The van der Waals surface area contributed by atoms with E-state index in [9.17, 15) is 0 Å². The van der Waals surface area contributed by atoms with Crippen molar-refractivity contribution in [3.63, 3.8) is 0 Å². The molecule has 3 aromatic rings. The lowest BCUT2D eigenvalue weighted by atomic mass is 10.1. The molecule has 0 radical (unpaired) electrons. The molecule has 2 aromatic carbocycles. The van der Waals surface area contributed by atoms with E-state index in [2.05, 4.69) is 32.7 Å². The zero-order valence-corrected chi connectivity index (χ0v) is 15.8. The molecule has 6 heteroatoms. The summed E-state index contributed by atoms with van der Waals surface area (Å²) in [6, 6.07) is 17.7. The Labute approximate surface area is 159 Å². The topological polar surface area (TPSA) is 68.3 Å². The number of aryl methyl sites for hydroxylation is 1. The number of rotatable bonds is 8. The molecule has 0 saturated carbocycles. The summed E-state index contributed by atoms with van der Waals surface area (Å²) in [6.07, 6.45) is 0.891. The van der Waals surface area contributed by atoms with Gasteiger partial charge in [0.05, 0.1) is 19.9 Å². The van der Waals surface area contributed by atoms with Gasteiger partial charge in [0.2, 0.25) is 5.95 Å². The van der Waals surface area contributed by atoms with E-state index in [1.54, 1.807) is 14.2 Å². The Hall–Kier alpha value is -3.28. The highest BCUT2D eigenvalue weighted by Crippen LogP contribution is 2.26. The number of hydrogen-bond donors (Lipinski definition) is 2. The monoisotopic (exact) mass is 364 g/mol. The van der Waals surface area contributed by atoms with E-state index >= 15 is 0 Å². The Bertz CT molecular complexity index is 882. The van der Waals surface area contributed by atoms with E-state index < -0.39 is 0 Å². The molecule has 2 N–H and O–H groups in total. The number of benzene rings is 2. The van der Waals surface area contributed by atoms with Gasteiger partial charge >= 0.3 is 0 Å². The molecule has 1 aromatic heterocycles. The first-order chi connectivity index (χ1) is 13.2. The van der Waals surface area contributed by atoms with Crippen LogP contribution in [0, 0.1) is 6.92 Å². The maximum Gasteiger partial charge on any atom is 0.229 e. The zero-order chi connectivity index (χ0) is 19.1. The third-order valence-electron chi connectivity index (χ3n) is 4.09. The zero-order valence-electron chi connectivity index (χ0n) is 15.8. The van der Waals surface area contributed by atoms with Crippen LogP contribution in [0.2, 0.25) is 0 Å². The van der Waals surface area contributed by atoms with Gasteiger partial charge in [-0.25, -0.2) is 4.98 Å². The average Bonchev–Trinajstić information content (AvgIpc) is 2.68. The van der Waals surface area contributed by atoms with E-state index in [-0.39, 0.29) is 0 Å². The highest BCUT2D eigenvalue weighted by Gasteiger charge is 2.06. The molecule has 1 heterocycles. The first kappa shape index (κ1) is 18.5. The number of ether oxygens (including phenoxy) is 2. The lowest BCUT2D eigenvalue weighted by Gasteiger charge is -2.12. The lowest BCUT2D eigenvalue weighted by molar-refractivity contribution is 0.414. The van der Waals surface area contributed by atoms with Gasteiger partial charge in [0.25, 0.3) is 0 Å². The molecule has 0 spiro atoms. The third kappa shape index (κ3) is 5.10. The van der Waals surface area contributed by atoms with E-state index in [0.29, 0.717) is 5.95 Å². The summed E-state index contributed by atoms with van der Waals surface area (Å²) in [6.45, 7) is 2.72. The summed E-state index contributed by atoms with van der Waals surface area (Å²) in [4.78, 5) is 9.01. The Morgan fingerprint density at radius 2 is 1.70 bits per heavy atom. The van der Waals surface area contributed by atoms with Crippen LogP contribution in [-0.2, 0) is 6.42 Å². The third-order valence-corrected chi connectivity index (χ3v) is 4.09. The second kappa shape index (κ2) is 8.89. The summed E-state index contributed by atoms with van der Waals surface area (Å²) < 4.78 is 10.6.